The van der Waals surface area contributed by atoms with Crippen molar-refractivity contribution < 1.29 is 27.5 Å². The van der Waals surface area contributed by atoms with Crippen LogP contribution >= 0.6 is 11.6 Å². The van der Waals surface area contributed by atoms with E-state index in [9.17, 15) is 22.8 Å². The van der Waals surface area contributed by atoms with Gasteiger partial charge in [0.15, 0.2) is 6.61 Å². The number of hydrogen-bond donors (Lipinski definition) is 2. The summed E-state index contributed by atoms with van der Waals surface area (Å²) in [4.78, 5) is 34.9. The number of ether oxygens (including phenoxy) is 1. The summed E-state index contributed by atoms with van der Waals surface area (Å²) in [7, 11) is -2.57. The second-order valence-corrected chi connectivity index (χ2v) is 9.05. The van der Waals surface area contributed by atoms with Crippen LogP contribution in [0.3, 0.4) is 0 Å². The molecule has 0 atom stereocenters. The lowest BCUT2D eigenvalue weighted by molar-refractivity contribution is -0.123. The molecule has 11 heteroatoms. The van der Waals surface area contributed by atoms with Gasteiger partial charge in [-0.15, -0.1) is 0 Å². The van der Waals surface area contributed by atoms with Crippen molar-refractivity contribution in [2.45, 2.75) is 17.9 Å². The van der Waals surface area contributed by atoms with Crippen LogP contribution in [0, 0.1) is 0 Å². The third-order valence-electron chi connectivity index (χ3n) is 4.71. The smallest absolute Gasteiger partial charge is 0.340 e. The van der Waals surface area contributed by atoms with Gasteiger partial charge in [0.2, 0.25) is 10.0 Å². The highest BCUT2D eigenvalue weighted by atomic mass is 35.5. The van der Waals surface area contributed by atoms with Gasteiger partial charge in [-0.25, -0.2) is 18.0 Å². The number of sulfonamides is 1. The molecule has 9 nitrogen and oxygen atoms in total. The maximum atomic E-state index is 13.1. The topological polar surface area (TPSA) is 122 Å². The number of carbonyl (C=O) groups excluding carboxylic acids is 3. The van der Waals surface area contributed by atoms with Crippen LogP contribution in [0.25, 0.3) is 0 Å². The first-order chi connectivity index (χ1) is 14.7. The second-order valence-electron chi connectivity index (χ2n) is 6.70. The zero-order valence-corrected chi connectivity index (χ0v) is 18.1. The van der Waals surface area contributed by atoms with E-state index in [4.69, 9.17) is 16.3 Å². The molecule has 1 aliphatic heterocycles. The van der Waals surface area contributed by atoms with Crippen LogP contribution < -0.4 is 10.6 Å². The Hall–Kier alpha value is -2.95. The van der Waals surface area contributed by atoms with Gasteiger partial charge in [0.25, 0.3) is 5.91 Å². The standard InChI is InChI=1S/C20H20ClN3O6S/c1-22-20(27)23-18(25)12-30-19(26)16-10-15(6-7-17(16)21)31(28,29)24-9-8-13-4-2-3-5-14(13)11-24/h2-7,10H,8-9,11-12H2,1H3,(H2,22,23,25,27). The van der Waals surface area contributed by atoms with Crippen molar-refractivity contribution >= 4 is 39.5 Å². The molecule has 2 aromatic carbocycles. The van der Waals surface area contributed by atoms with Crippen LogP contribution in [0.1, 0.15) is 21.5 Å². The van der Waals surface area contributed by atoms with E-state index in [0.29, 0.717) is 13.0 Å². The molecule has 3 rings (SSSR count). The lowest BCUT2D eigenvalue weighted by Gasteiger charge is -2.28. The lowest BCUT2D eigenvalue weighted by atomic mass is 10.0. The predicted molar refractivity (Wildman–Crippen MR) is 112 cm³/mol. The van der Waals surface area contributed by atoms with Gasteiger partial charge in [-0.3, -0.25) is 10.1 Å². The van der Waals surface area contributed by atoms with Crippen molar-refractivity contribution in [3.63, 3.8) is 0 Å². The number of rotatable bonds is 5. The maximum absolute atomic E-state index is 13.1. The Morgan fingerprint density at radius 3 is 2.55 bits per heavy atom. The average Bonchev–Trinajstić information content (AvgIpc) is 2.77. The number of nitrogens with zero attached hydrogens (tertiary/aromatic N) is 1. The van der Waals surface area contributed by atoms with Crippen molar-refractivity contribution in [1.29, 1.82) is 0 Å². The van der Waals surface area contributed by atoms with E-state index in [0.717, 1.165) is 17.2 Å². The van der Waals surface area contributed by atoms with E-state index in [1.54, 1.807) is 0 Å². The van der Waals surface area contributed by atoms with Crippen molar-refractivity contribution in [1.82, 2.24) is 14.9 Å². The van der Waals surface area contributed by atoms with E-state index in [-0.39, 0.29) is 22.0 Å². The third kappa shape index (κ3) is 5.22. The van der Waals surface area contributed by atoms with E-state index in [1.165, 1.54) is 23.5 Å². The number of nitrogens with one attached hydrogen (secondary N) is 2. The molecular weight excluding hydrogens is 446 g/mol. The molecule has 31 heavy (non-hydrogen) atoms. The van der Waals surface area contributed by atoms with Crippen molar-refractivity contribution in [2.75, 3.05) is 20.2 Å². The first-order valence-corrected chi connectivity index (χ1v) is 11.1. The van der Waals surface area contributed by atoms with Gasteiger partial charge in [-0.1, -0.05) is 35.9 Å². The minimum Gasteiger partial charge on any atom is -0.452 e. The molecule has 0 fully saturated rings. The Balaban J connectivity index is 1.76. The molecular formula is C20H20ClN3O6S. The first-order valence-electron chi connectivity index (χ1n) is 9.27. The van der Waals surface area contributed by atoms with E-state index in [1.807, 2.05) is 29.6 Å². The van der Waals surface area contributed by atoms with Crippen LogP contribution in [0.2, 0.25) is 5.02 Å². The molecule has 2 aromatic rings. The number of esters is 1. The summed E-state index contributed by atoms with van der Waals surface area (Å²) in [6.45, 7) is -0.204. The monoisotopic (exact) mass is 465 g/mol. The number of fused-ring (bicyclic) bond motifs is 1. The molecule has 1 heterocycles. The zero-order chi connectivity index (χ0) is 22.6. The van der Waals surface area contributed by atoms with Crippen molar-refractivity contribution in [2.24, 2.45) is 0 Å². The molecule has 2 N–H and O–H groups in total. The Labute approximate surface area is 184 Å². The molecule has 0 radical (unpaired) electrons. The largest absolute Gasteiger partial charge is 0.452 e. The summed E-state index contributed by atoms with van der Waals surface area (Å²) in [5, 5.41) is 4.09. The Morgan fingerprint density at radius 2 is 1.84 bits per heavy atom. The highest BCUT2D eigenvalue weighted by Gasteiger charge is 2.29. The van der Waals surface area contributed by atoms with Crippen LogP contribution in [-0.2, 0) is 32.5 Å². The molecule has 0 spiro atoms. The summed E-state index contributed by atoms with van der Waals surface area (Å²) in [5.74, 6) is -1.84. The van der Waals surface area contributed by atoms with Gasteiger partial charge in [-0.05, 0) is 35.7 Å². The molecule has 0 bridgehead atoms. The normalized spacial score (nSPS) is 13.7. The molecule has 0 saturated carbocycles. The number of benzene rings is 2. The first kappa shape index (κ1) is 22.7. The van der Waals surface area contributed by atoms with Crippen molar-refractivity contribution in [3.05, 3.63) is 64.2 Å². The number of imide groups is 1. The minimum atomic E-state index is -3.89. The quantitative estimate of drug-likeness (QED) is 0.648. The van der Waals surface area contributed by atoms with Crippen LogP contribution in [0.15, 0.2) is 47.4 Å². The number of amides is 3. The summed E-state index contributed by atoms with van der Waals surface area (Å²) in [6.07, 6.45) is 0.582. The molecule has 0 aromatic heterocycles. The van der Waals surface area contributed by atoms with Crippen LogP contribution in [0.4, 0.5) is 4.79 Å². The second kappa shape index (κ2) is 9.46. The number of hydrogen-bond acceptors (Lipinski definition) is 6. The van der Waals surface area contributed by atoms with Gasteiger partial charge in [0.05, 0.1) is 15.5 Å². The minimum absolute atomic E-state index is 0.0281. The number of halogens is 1. The highest BCUT2D eigenvalue weighted by Crippen LogP contribution is 2.27. The van der Waals surface area contributed by atoms with E-state index in [2.05, 4.69) is 5.32 Å². The molecule has 3 amide bonds. The summed E-state index contributed by atoms with van der Waals surface area (Å²) in [6, 6.07) is 10.6. The molecule has 0 aliphatic carbocycles. The van der Waals surface area contributed by atoms with Crippen LogP contribution in [0.5, 0.6) is 0 Å². The molecule has 0 unspecified atom stereocenters. The average molecular weight is 466 g/mol. The van der Waals surface area contributed by atoms with Crippen molar-refractivity contribution in [3.8, 4) is 0 Å². The van der Waals surface area contributed by atoms with Gasteiger partial charge >= 0.3 is 12.0 Å². The maximum Gasteiger partial charge on any atom is 0.340 e. The van der Waals surface area contributed by atoms with Gasteiger partial charge in [0, 0.05) is 20.1 Å². The molecule has 1 aliphatic rings. The molecule has 0 saturated heterocycles. The lowest BCUT2D eigenvalue weighted by Crippen LogP contribution is -2.39. The fraction of sp³-hybridized carbons (Fsp3) is 0.250. The molecule has 164 valence electrons. The Morgan fingerprint density at radius 1 is 1.13 bits per heavy atom. The number of carbonyl (C=O) groups is 3. The fourth-order valence-corrected chi connectivity index (χ4v) is 4.72. The number of urea groups is 1. The SMILES string of the molecule is CNC(=O)NC(=O)COC(=O)c1cc(S(=O)(=O)N2CCc3ccccc3C2)ccc1Cl. The van der Waals surface area contributed by atoms with E-state index < -0.39 is 34.5 Å². The summed E-state index contributed by atoms with van der Waals surface area (Å²) < 4.78 is 32.4. The third-order valence-corrected chi connectivity index (χ3v) is 6.88. The van der Waals surface area contributed by atoms with Gasteiger partial charge < -0.3 is 10.1 Å². The predicted octanol–water partition coefficient (Wildman–Crippen LogP) is 1.70. The highest BCUT2D eigenvalue weighted by molar-refractivity contribution is 7.89. The van der Waals surface area contributed by atoms with Gasteiger partial charge in [-0.2, -0.15) is 4.31 Å². The Kier molecular flexibility index (Phi) is 6.94. The van der Waals surface area contributed by atoms with E-state index >= 15 is 0 Å². The Bertz CT molecular complexity index is 1140. The zero-order valence-electron chi connectivity index (χ0n) is 16.6. The van der Waals surface area contributed by atoms with Gasteiger partial charge in [0.1, 0.15) is 0 Å². The summed E-state index contributed by atoms with van der Waals surface area (Å²) in [5.41, 5.74) is 1.82. The summed E-state index contributed by atoms with van der Waals surface area (Å²) >= 11 is 6.04. The van der Waals surface area contributed by atoms with Crippen LogP contribution in [-0.4, -0.2) is 50.8 Å². The fourth-order valence-electron chi connectivity index (χ4n) is 3.08.